The molecule has 0 saturated carbocycles. The van der Waals surface area contributed by atoms with Gasteiger partial charge in [-0.15, -0.1) is 0 Å². The van der Waals surface area contributed by atoms with Crippen molar-refractivity contribution in [2.24, 2.45) is 0 Å². The molecule has 0 aliphatic heterocycles. The van der Waals surface area contributed by atoms with Gasteiger partial charge >= 0.3 is 14.8 Å². The smallest absolute Gasteiger partial charge is 0.430 e. The largest absolute Gasteiger partial charge is 0.503 e. The van der Waals surface area contributed by atoms with Crippen LogP contribution < -0.4 is 0 Å². The van der Waals surface area contributed by atoms with Crippen LogP contribution in [0.3, 0.4) is 0 Å². The van der Waals surface area contributed by atoms with E-state index >= 15 is 0 Å². The number of ether oxygens (including phenoxy) is 1. The fourth-order valence-electron chi connectivity index (χ4n) is 1.43. The van der Waals surface area contributed by atoms with Crippen LogP contribution >= 0.6 is 0 Å². The Balaban J connectivity index is 4.83. The zero-order valence-corrected chi connectivity index (χ0v) is 15.1. The lowest BCUT2D eigenvalue weighted by Gasteiger charge is -2.31. The van der Waals surface area contributed by atoms with Crippen molar-refractivity contribution in [3.8, 4) is 0 Å². The predicted octanol–water partition coefficient (Wildman–Crippen LogP) is 2.81. The Labute approximate surface area is 123 Å². The summed E-state index contributed by atoms with van der Waals surface area (Å²) in [7, 11) is -1.02. The summed E-state index contributed by atoms with van der Waals surface area (Å²) in [4.78, 5) is 11.2. The van der Waals surface area contributed by atoms with Crippen molar-refractivity contribution in [3.05, 3.63) is 25.3 Å². The van der Waals surface area contributed by atoms with Crippen molar-refractivity contribution in [3.63, 3.8) is 0 Å². The molecule has 1 atom stereocenters. The van der Waals surface area contributed by atoms with Crippen molar-refractivity contribution in [2.45, 2.75) is 38.0 Å². The molecule has 0 saturated heterocycles. The summed E-state index contributed by atoms with van der Waals surface area (Å²) in [5.74, 6) is -0.574. The van der Waals surface area contributed by atoms with Gasteiger partial charge in [0.15, 0.2) is 0 Å². The molecule has 0 amide bonds. The van der Waals surface area contributed by atoms with Crippen molar-refractivity contribution in [1.29, 1.82) is 0 Å². The average molecular weight is 319 g/mol. The zero-order valence-electron chi connectivity index (χ0n) is 13.1. The highest BCUT2D eigenvalue weighted by molar-refractivity contribution is 6.77. The van der Waals surface area contributed by atoms with Crippen molar-refractivity contribution >= 4 is 22.8 Å². The van der Waals surface area contributed by atoms with Gasteiger partial charge in [0.25, 0.3) is 0 Å². The Bertz CT molecular complexity index is 334. The first kappa shape index (κ1) is 19.3. The predicted molar refractivity (Wildman–Crippen MR) is 84.1 cm³/mol. The summed E-state index contributed by atoms with van der Waals surface area (Å²) in [6, 6.07) is 1.69. The number of hydrogen-bond donors (Lipinski definition) is 0. The normalized spacial score (nSPS) is 13.7. The van der Waals surface area contributed by atoms with E-state index in [9.17, 15) is 4.79 Å². The Morgan fingerprint density at radius 1 is 1.15 bits per heavy atom. The van der Waals surface area contributed by atoms with E-state index < -0.39 is 29.1 Å². The summed E-state index contributed by atoms with van der Waals surface area (Å²) < 4.78 is 21.8. The van der Waals surface area contributed by atoms with Gasteiger partial charge in [-0.25, -0.2) is 4.79 Å². The van der Waals surface area contributed by atoms with E-state index in [0.29, 0.717) is 6.04 Å². The quantitative estimate of drug-likeness (QED) is 0.204. The number of hydrogen-bond acceptors (Lipinski definition) is 5. The minimum absolute atomic E-state index is 0.574. The maximum absolute atomic E-state index is 11.2. The van der Waals surface area contributed by atoms with Crippen LogP contribution in [0.15, 0.2) is 25.3 Å². The van der Waals surface area contributed by atoms with Crippen molar-refractivity contribution in [2.75, 3.05) is 14.2 Å². The highest BCUT2D eigenvalue weighted by atomic mass is 28.4. The van der Waals surface area contributed by atoms with E-state index in [1.807, 2.05) is 0 Å². The molecule has 0 aromatic carbocycles. The van der Waals surface area contributed by atoms with E-state index in [4.69, 9.17) is 18.0 Å². The molecule has 0 radical (unpaired) electrons. The Kier molecular flexibility index (Phi) is 8.21. The van der Waals surface area contributed by atoms with Crippen LogP contribution in [-0.4, -0.2) is 43.4 Å². The molecule has 0 fully saturated rings. The first-order valence-electron chi connectivity index (χ1n) is 6.45. The molecule has 20 heavy (non-hydrogen) atoms. The van der Waals surface area contributed by atoms with Crippen LogP contribution in [0.4, 0.5) is 0 Å². The van der Waals surface area contributed by atoms with E-state index in [2.05, 4.69) is 32.8 Å². The van der Waals surface area contributed by atoms with Gasteiger partial charge < -0.3 is 18.0 Å². The molecular formula is C13H26O5Si2. The topological polar surface area (TPSA) is 54.0 Å². The number of esters is 1. The van der Waals surface area contributed by atoms with E-state index in [1.54, 1.807) is 14.2 Å². The van der Waals surface area contributed by atoms with Gasteiger partial charge in [0, 0.05) is 34.4 Å². The van der Waals surface area contributed by atoms with Crippen LogP contribution in [-0.2, 0) is 22.8 Å². The lowest BCUT2D eigenvalue weighted by atomic mass is 10.6. The van der Waals surface area contributed by atoms with Crippen LogP contribution in [0.25, 0.3) is 0 Å². The number of carbonyl (C=O) groups is 1. The molecule has 0 rings (SSSR count). The van der Waals surface area contributed by atoms with Gasteiger partial charge in [-0.2, -0.15) is 0 Å². The molecular weight excluding hydrogens is 292 g/mol. The fraction of sp³-hybridized carbons (Fsp3) is 0.615. The van der Waals surface area contributed by atoms with Crippen LogP contribution in [0, 0.1) is 0 Å². The number of carbonyl (C=O) groups excluding carboxylic acids is 1. The zero-order chi connectivity index (χ0) is 15.8. The third-order valence-corrected chi connectivity index (χ3v) is 7.64. The summed E-state index contributed by atoms with van der Waals surface area (Å²) in [5, 5.41) is 0. The van der Waals surface area contributed by atoms with Gasteiger partial charge in [0.2, 0.25) is 6.29 Å². The van der Waals surface area contributed by atoms with Crippen molar-refractivity contribution < 1.29 is 22.8 Å². The minimum atomic E-state index is -2.86. The number of rotatable bonds is 10. The van der Waals surface area contributed by atoms with Crippen molar-refractivity contribution in [1.82, 2.24) is 0 Å². The van der Waals surface area contributed by atoms with Crippen LogP contribution in [0.5, 0.6) is 0 Å². The fourth-order valence-corrected chi connectivity index (χ4v) is 7.04. The molecule has 0 aliphatic carbocycles. The maximum Gasteiger partial charge on any atom is 0.503 e. The minimum Gasteiger partial charge on any atom is -0.430 e. The molecule has 0 heterocycles. The molecule has 5 nitrogen and oxygen atoms in total. The Hall–Kier alpha value is -0.736. The first-order valence-corrected chi connectivity index (χ1v) is 12.1. The third-order valence-electron chi connectivity index (χ3n) is 2.69. The Morgan fingerprint density at radius 2 is 1.70 bits per heavy atom. The van der Waals surface area contributed by atoms with Gasteiger partial charge in [-0.05, 0) is 6.08 Å². The molecule has 0 N–H and O–H groups in total. The molecule has 0 aliphatic rings. The van der Waals surface area contributed by atoms with E-state index in [-0.39, 0.29) is 0 Å². The lowest BCUT2D eigenvalue weighted by molar-refractivity contribution is -0.156. The highest BCUT2D eigenvalue weighted by Crippen LogP contribution is 2.24. The van der Waals surface area contributed by atoms with Crippen LogP contribution in [0.1, 0.15) is 0 Å². The maximum atomic E-state index is 11.2. The second kappa shape index (κ2) is 8.53. The summed E-state index contributed by atoms with van der Waals surface area (Å²) in [6.07, 6.45) is 1.58. The molecule has 1 unspecified atom stereocenters. The highest BCUT2D eigenvalue weighted by Gasteiger charge is 2.42. The second-order valence-corrected chi connectivity index (χ2v) is 14.1. The second-order valence-electron chi connectivity index (χ2n) is 5.51. The molecule has 7 heteroatoms. The molecule has 0 aromatic heterocycles. The third kappa shape index (κ3) is 7.15. The summed E-state index contributed by atoms with van der Waals surface area (Å²) >= 11 is 0. The Morgan fingerprint density at radius 3 is 2.05 bits per heavy atom. The van der Waals surface area contributed by atoms with Gasteiger partial charge in [-0.1, -0.05) is 38.8 Å². The van der Waals surface area contributed by atoms with Gasteiger partial charge in [-0.3, -0.25) is 0 Å². The van der Waals surface area contributed by atoms with E-state index in [0.717, 1.165) is 12.1 Å². The van der Waals surface area contributed by atoms with E-state index in [1.165, 1.54) is 6.08 Å². The molecule has 0 spiro atoms. The SMILES string of the molecule is C=CC(=O)OC(C=C)O[Si](CC[Si](C)(C)C)(OC)OC. The molecule has 0 bridgehead atoms. The van der Waals surface area contributed by atoms with Gasteiger partial charge in [0.05, 0.1) is 0 Å². The summed E-state index contributed by atoms with van der Waals surface area (Å²) in [5.41, 5.74) is 0. The van der Waals surface area contributed by atoms with Gasteiger partial charge in [0.1, 0.15) is 0 Å². The molecule has 116 valence electrons. The standard InChI is InChI=1S/C13H26O5Si2/c1-8-12(14)17-13(9-2)18-20(15-3,16-4)11-10-19(5,6)7/h8-9,13H,1-2,10-11H2,3-7H3. The summed E-state index contributed by atoms with van der Waals surface area (Å²) in [6.45, 7) is 13.7. The molecule has 0 aromatic rings. The monoisotopic (exact) mass is 318 g/mol. The first-order chi connectivity index (χ1) is 9.21. The van der Waals surface area contributed by atoms with Crippen LogP contribution in [0.2, 0.25) is 31.7 Å². The average Bonchev–Trinajstić information content (AvgIpc) is 2.41. The lowest BCUT2D eigenvalue weighted by Crippen LogP contribution is -2.48.